The van der Waals surface area contributed by atoms with Gasteiger partial charge >= 0.3 is 6.36 Å². The van der Waals surface area contributed by atoms with Crippen molar-refractivity contribution in [3.63, 3.8) is 0 Å². The molecule has 0 bridgehead atoms. The minimum absolute atomic E-state index is 0.0854. The minimum atomic E-state index is -4.79. The summed E-state index contributed by atoms with van der Waals surface area (Å²) in [7, 11) is 1.42. The van der Waals surface area contributed by atoms with Crippen LogP contribution in [0.4, 0.5) is 30.4 Å². The van der Waals surface area contributed by atoms with Gasteiger partial charge in [-0.1, -0.05) is 12.1 Å². The highest BCUT2D eigenvalue weighted by Gasteiger charge is 2.32. The molecule has 0 aliphatic heterocycles. The summed E-state index contributed by atoms with van der Waals surface area (Å²) < 4.78 is 45.9. The number of methoxy groups -OCH3 is 1. The summed E-state index contributed by atoms with van der Waals surface area (Å²) in [6.45, 7) is 0. The summed E-state index contributed by atoms with van der Waals surface area (Å²) in [6.07, 6.45) is -4.79. The highest BCUT2D eigenvalue weighted by Crippen LogP contribution is 2.33. The van der Waals surface area contributed by atoms with Gasteiger partial charge in [-0.05, 0) is 18.2 Å². The largest absolute Gasteiger partial charge is 0.573 e. The molecular formula is C13H12F3N3O2. The second-order valence-electron chi connectivity index (χ2n) is 3.96. The first-order chi connectivity index (χ1) is 9.89. The van der Waals surface area contributed by atoms with Crippen molar-refractivity contribution >= 4 is 17.2 Å². The SMILES string of the molecule is COc1ccc(N)c(Nc2ccccc2OC(F)(F)F)n1. The molecular weight excluding hydrogens is 287 g/mol. The molecule has 1 aromatic heterocycles. The van der Waals surface area contributed by atoms with E-state index in [2.05, 4.69) is 15.0 Å². The smallest absolute Gasteiger partial charge is 0.481 e. The molecule has 21 heavy (non-hydrogen) atoms. The molecule has 0 amide bonds. The van der Waals surface area contributed by atoms with Crippen molar-refractivity contribution in [2.45, 2.75) is 6.36 Å². The molecule has 0 saturated carbocycles. The topological polar surface area (TPSA) is 69.4 Å². The quantitative estimate of drug-likeness (QED) is 0.906. The van der Waals surface area contributed by atoms with Gasteiger partial charge in [0.15, 0.2) is 11.6 Å². The van der Waals surface area contributed by atoms with Crippen LogP contribution in [-0.4, -0.2) is 18.5 Å². The van der Waals surface area contributed by atoms with Crippen LogP contribution >= 0.6 is 0 Å². The number of nitrogens with zero attached hydrogens (tertiary/aromatic N) is 1. The first kappa shape index (κ1) is 14.8. The number of benzene rings is 1. The molecule has 8 heteroatoms. The van der Waals surface area contributed by atoms with Crippen molar-refractivity contribution in [2.75, 3.05) is 18.2 Å². The van der Waals surface area contributed by atoms with Gasteiger partial charge in [0.2, 0.25) is 5.88 Å². The summed E-state index contributed by atoms with van der Waals surface area (Å²) in [5, 5.41) is 2.70. The molecule has 0 aliphatic carbocycles. The van der Waals surface area contributed by atoms with Crippen molar-refractivity contribution < 1.29 is 22.6 Å². The third kappa shape index (κ3) is 3.91. The summed E-state index contributed by atoms with van der Waals surface area (Å²) >= 11 is 0. The molecule has 0 saturated heterocycles. The molecule has 0 atom stereocenters. The van der Waals surface area contributed by atoms with Gasteiger partial charge in [0.1, 0.15) is 0 Å². The van der Waals surface area contributed by atoms with Crippen LogP contribution in [0.1, 0.15) is 0 Å². The molecule has 0 aliphatic rings. The zero-order valence-corrected chi connectivity index (χ0v) is 10.9. The van der Waals surface area contributed by atoms with Crippen LogP contribution in [0.25, 0.3) is 0 Å². The number of hydrogen-bond donors (Lipinski definition) is 2. The van der Waals surface area contributed by atoms with Crippen molar-refractivity contribution in [2.24, 2.45) is 0 Å². The van der Waals surface area contributed by atoms with Crippen molar-refractivity contribution in [3.8, 4) is 11.6 Å². The van der Waals surface area contributed by atoms with Gasteiger partial charge in [-0.15, -0.1) is 13.2 Å². The lowest BCUT2D eigenvalue weighted by Crippen LogP contribution is -2.18. The summed E-state index contributed by atoms with van der Waals surface area (Å²) in [5.41, 5.74) is 6.07. The average Bonchev–Trinajstić information content (AvgIpc) is 2.42. The third-order valence-corrected chi connectivity index (χ3v) is 2.48. The molecule has 0 spiro atoms. The molecule has 2 rings (SSSR count). The molecule has 0 radical (unpaired) electrons. The normalized spacial score (nSPS) is 11.0. The fraction of sp³-hybridized carbons (Fsp3) is 0.154. The number of anilines is 3. The maximum absolute atomic E-state index is 12.3. The Hall–Kier alpha value is -2.64. The maximum atomic E-state index is 12.3. The number of aromatic nitrogens is 1. The average molecular weight is 299 g/mol. The van der Waals surface area contributed by atoms with Gasteiger partial charge in [-0.3, -0.25) is 0 Å². The van der Waals surface area contributed by atoms with Gasteiger partial charge in [0, 0.05) is 6.07 Å². The molecule has 2 aromatic rings. The fourth-order valence-corrected chi connectivity index (χ4v) is 1.58. The number of pyridine rings is 1. The molecule has 0 unspecified atom stereocenters. The summed E-state index contributed by atoms with van der Waals surface area (Å²) in [5.74, 6) is 0.0718. The fourth-order valence-electron chi connectivity index (χ4n) is 1.58. The monoisotopic (exact) mass is 299 g/mol. The Morgan fingerprint density at radius 3 is 2.52 bits per heavy atom. The van der Waals surface area contributed by atoms with Crippen LogP contribution in [-0.2, 0) is 0 Å². The molecule has 112 valence electrons. The van der Waals surface area contributed by atoms with Crippen LogP contribution in [0.3, 0.4) is 0 Å². The first-order valence-electron chi connectivity index (χ1n) is 5.81. The van der Waals surface area contributed by atoms with E-state index in [1.54, 1.807) is 12.1 Å². The Kier molecular flexibility index (Phi) is 4.06. The minimum Gasteiger partial charge on any atom is -0.481 e. The Balaban J connectivity index is 2.31. The number of ether oxygens (including phenoxy) is 2. The predicted octanol–water partition coefficient (Wildman–Crippen LogP) is 3.31. The van der Waals surface area contributed by atoms with Gasteiger partial charge < -0.3 is 20.5 Å². The van der Waals surface area contributed by atoms with E-state index in [1.807, 2.05) is 0 Å². The van der Waals surface area contributed by atoms with Crippen LogP contribution in [0.15, 0.2) is 36.4 Å². The lowest BCUT2D eigenvalue weighted by atomic mass is 10.3. The highest BCUT2D eigenvalue weighted by molar-refractivity contribution is 5.72. The predicted molar refractivity (Wildman–Crippen MR) is 71.6 cm³/mol. The number of halogens is 3. The lowest BCUT2D eigenvalue weighted by Gasteiger charge is -2.15. The summed E-state index contributed by atoms with van der Waals surface area (Å²) in [4.78, 5) is 4.03. The number of para-hydroxylation sites is 2. The third-order valence-electron chi connectivity index (χ3n) is 2.48. The number of hydrogen-bond acceptors (Lipinski definition) is 5. The van der Waals surface area contributed by atoms with Crippen LogP contribution in [0.2, 0.25) is 0 Å². The van der Waals surface area contributed by atoms with E-state index in [4.69, 9.17) is 10.5 Å². The molecule has 0 fully saturated rings. The van der Waals surface area contributed by atoms with Crippen LogP contribution < -0.4 is 20.5 Å². The Morgan fingerprint density at radius 1 is 1.14 bits per heavy atom. The standard InChI is InChI=1S/C13H12F3N3O2/c1-20-11-7-6-8(17)12(19-11)18-9-4-2-3-5-10(9)21-13(14,15)16/h2-7H,17H2,1H3,(H,18,19). The van der Waals surface area contributed by atoms with Gasteiger partial charge in [-0.2, -0.15) is 4.98 Å². The number of nitrogens with two attached hydrogens (primary N) is 1. The van der Waals surface area contributed by atoms with E-state index >= 15 is 0 Å². The number of rotatable bonds is 4. The molecule has 3 N–H and O–H groups in total. The second kappa shape index (κ2) is 5.78. The second-order valence-corrected chi connectivity index (χ2v) is 3.96. The van der Waals surface area contributed by atoms with Gasteiger partial charge in [0.05, 0.1) is 18.5 Å². The lowest BCUT2D eigenvalue weighted by molar-refractivity contribution is -0.274. The number of nitrogens with one attached hydrogen (secondary N) is 1. The van der Waals surface area contributed by atoms with Crippen molar-refractivity contribution in [3.05, 3.63) is 36.4 Å². The molecule has 5 nitrogen and oxygen atoms in total. The van der Waals surface area contributed by atoms with E-state index in [0.717, 1.165) is 0 Å². The Labute approximate surface area is 118 Å². The van der Waals surface area contributed by atoms with Crippen molar-refractivity contribution in [1.82, 2.24) is 4.98 Å². The van der Waals surface area contributed by atoms with E-state index in [1.165, 1.54) is 31.4 Å². The van der Waals surface area contributed by atoms with Crippen molar-refractivity contribution in [1.29, 1.82) is 0 Å². The van der Waals surface area contributed by atoms with E-state index < -0.39 is 6.36 Å². The van der Waals surface area contributed by atoms with E-state index in [9.17, 15) is 13.2 Å². The molecule has 1 aromatic carbocycles. The Morgan fingerprint density at radius 2 is 1.86 bits per heavy atom. The number of alkyl halides is 3. The van der Waals surface area contributed by atoms with Crippen LogP contribution in [0.5, 0.6) is 11.6 Å². The molecule has 1 heterocycles. The number of nitrogen functional groups attached to an aromatic ring is 1. The zero-order chi connectivity index (χ0) is 15.5. The first-order valence-corrected chi connectivity index (χ1v) is 5.81. The van der Waals surface area contributed by atoms with E-state index in [0.29, 0.717) is 0 Å². The Bertz CT molecular complexity index is 632. The maximum Gasteiger partial charge on any atom is 0.573 e. The van der Waals surface area contributed by atoms with Gasteiger partial charge in [0.25, 0.3) is 0 Å². The zero-order valence-electron chi connectivity index (χ0n) is 10.9. The highest BCUT2D eigenvalue weighted by atomic mass is 19.4. The van der Waals surface area contributed by atoms with Crippen LogP contribution in [0, 0.1) is 0 Å². The van der Waals surface area contributed by atoms with Gasteiger partial charge in [-0.25, -0.2) is 0 Å². The van der Waals surface area contributed by atoms with E-state index in [-0.39, 0.29) is 28.8 Å². The summed E-state index contributed by atoms with van der Waals surface area (Å²) in [6, 6.07) is 8.66.